The molecule has 3 heteroatoms. The van der Waals surface area contributed by atoms with Crippen molar-refractivity contribution in [3.05, 3.63) is 29.3 Å². The van der Waals surface area contributed by atoms with Crippen LogP contribution in [0.1, 0.15) is 31.9 Å². The van der Waals surface area contributed by atoms with Crippen LogP contribution in [0.2, 0.25) is 0 Å². The molecule has 0 atom stereocenters. The van der Waals surface area contributed by atoms with Crippen LogP contribution >= 0.6 is 0 Å². The lowest BCUT2D eigenvalue weighted by atomic mass is 10.1. The Morgan fingerprint density at radius 2 is 1.88 bits per heavy atom. The molecule has 0 aliphatic heterocycles. The largest absolute Gasteiger partial charge is 0.366 e. The van der Waals surface area contributed by atoms with E-state index in [0.29, 0.717) is 0 Å². The lowest BCUT2D eigenvalue weighted by molar-refractivity contribution is -0.125. The second kappa shape index (κ2) is 5.32. The van der Waals surface area contributed by atoms with Crippen molar-refractivity contribution < 1.29 is 9.53 Å². The molecule has 0 aliphatic carbocycles. The molecule has 1 N–H and O–H groups in total. The third-order valence-electron chi connectivity index (χ3n) is 2.43. The molecule has 1 aromatic rings. The van der Waals surface area contributed by atoms with Gasteiger partial charge in [0, 0.05) is 5.69 Å². The Morgan fingerprint density at radius 3 is 2.41 bits per heavy atom. The van der Waals surface area contributed by atoms with Crippen molar-refractivity contribution in [2.24, 2.45) is 0 Å². The van der Waals surface area contributed by atoms with Crippen LogP contribution in [-0.2, 0) is 9.53 Å². The smallest absolute Gasteiger partial charge is 0.250 e. The normalized spacial score (nSPS) is 11.4. The first kappa shape index (κ1) is 13.7. The van der Waals surface area contributed by atoms with Crippen molar-refractivity contribution in [1.82, 2.24) is 0 Å². The van der Waals surface area contributed by atoms with E-state index in [0.717, 1.165) is 5.69 Å². The van der Waals surface area contributed by atoms with Crippen molar-refractivity contribution in [2.45, 2.75) is 40.2 Å². The first-order valence-corrected chi connectivity index (χ1v) is 5.79. The summed E-state index contributed by atoms with van der Waals surface area (Å²) in [5.74, 6) is -0.122. The van der Waals surface area contributed by atoms with Crippen LogP contribution in [0.25, 0.3) is 0 Å². The lowest BCUT2D eigenvalue weighted by Crippen LogP contribution is -2.27. The fourth-order valence-electron chi connectivity index (χ4n) is 1.30. The SMILES string of the molecule is Cc1ccc(NC(=O)COC(C)(C)C)cc1C. The highest BCUT2D eigenvalue weighted by Gasteiger charge is 2.12. The second-order valence-corrected chi connectivity index (χ2v) is 5.25. The number of carbonyl (C=O) groups is 1. The summed E-state index contributed by atoms with van der Waals surface area (Å²) in [6, 6.07) is 5.86. The third-order valence-corrected chi connectivity index (χ3v) is 2.43. The van der Waals surface area contributed by atoms with Crippen LogP contribution in [-0.4, -0.2) is 18.1 Å². The van der Waals surface area contributed by atoms with Gasteiger partial charge in [0.25, 0.3) is 0 Å². The molecule has 1 amide bonds. The van der Waals surface area contributed by atoms with Gasteiger partial charge in [-0.3, -0.25) is 4.79 Å². The van der Waals surface area contributed by atoms with E-state index in [9.17, 15) is 4.79 Å². The van der Waals surface area contributed by atoms with E-state index >= 15 is 0 Å². The summed E-state index contributed by atoms with van der Waals surface area (Å²) < 4.78 is 5.41. The Labute approximate surface area is 103 Å². The minimum absolute atomic E-state index is 0.0798. The first-order valence-electron chi connectivity index (χ1n) is 5.79. The van der Waals surface area contributed by atoms with E-state index in [2.05, 4.69) is 5.32 Å². The fourth-order valence-corrected chi connectivity index (χ4v) is 1.30. The summed E-state index contributed by atoms with van der Waals surface area (Å²) in [7, 11) is 0. The number of anilines is 1. The van der Waals surface area contributed by atoms with Crippen molar-refractivity contribution >= 4 is 11.6 Å². The Hall–Kier alpha value is -1.35. The zero-order valence-electron chi connectivity index (χ0n) is 11.3. The van der Waals surface area contributed by atoms with Gasteiger partial charge in [-0.2, -0.15) is 0 Å². The van der Waals surface area contributed by atoms with E-state index < -0.39 is 0 Å². The summed E-state index contributed by atoms with van der Waals surface area (Å²) in [4.78, 5) is 11.6. The summed E-state index contributed by atoms with van der Waals surface area (Å²) in [6.07, 6.45) is 0. The minimum Gasteiger partial charge on any atom is -0.366 e. The number of ether oxygens (including phenoxy) is 1. The number of hydrogen-bond donors (Lipinski definition) is 1. The van der Waals surface area contributed by atoms with Gasteiger partial charge in [-0.15, -0.1) is 0 Å². The van der Waals surface area contributed by atoms with Gasteiger partial charge in [0.15, 0.2) is 0 Å². The topological polar surface area (TPSA) is 38.3 Å². The molecule has 3 nitrogen and oxygen atoms in total. The predicted octanol–water partition coefficient (Wildman–Crippen LogP) is 3.06. The number of nitrogens with one attached hydrogen (secondary N) is 1. The highest BCUT2D eigenvalue weighted by molar-refractivity contribution is 5.91. The molecule has 17 heavy (non-hydrogen) atoms. The standard InChI is InChI=1S/C14H21NO2/c1-10-6-7-12(8-11(10)2)15-13(16)9-17-14(3,4)5/h6-8H,9H2,1-5H3,(H,15,16). The molecule has 1 aromatic carbocycles. The number of aryl methyl sites for hydroxylation is 2. The highest BCUT2D eigenvalue weighted by Crippen LogP contribution is 2.14. The Morgan fingerprint density at radius 1 is 1.24 bits per heavy atom. The number of hydrogen-bond acceptors (Lipinski definition) is 2. The van der Waals surface area contributed by atoms with Gasteiger partial charge in [0.05, 0.1) is 5.60 Å². The van der Waals surface area contributed by atoms with E-state index in [4.69, 9.17) is 4.74 Å². The van der Waals surface area contributed by atoms with Gasteiger partial charge in [-0.1, -0.05) is 6.07 Å². The van der Waals surface area contributed by atoms with Crippen LogP contribution in [0.15, 0.2) is 18.2 Å². The van der Waals surface area contributed by atoms with Gasteiger partial charge >= 0.3 is 0 Å². The van der Waals surface area contributed by atoms with Crippen molar-refractivity contribution in [3.63, 3.8) is 0 Å². The number of carbonyl (C=O) groups excluding carboxylic acids is 1. The zero-order valence-corrected chi connectivity index (χ0v) is 11.3. The average molecular weight is 235 g/mol. The summed E-state index contributed by atoms with van der Waals surface area (Å²) >= 11 is 0. The Balaban J connectivity index is 2.54. The molecule has 94 valence electrons. The van der Waals surface area contributed by atoms with E-state index in [1.54, 1.807) is 0 Å². The average Bonchev–Trinajstić information content (AvgIpc) is 2.20. The van der Waals surface area contributed by atoms with Crippen LogP contribution in [0.4, 0.5) is 5.69 Å². The molecule has 0 saturated carbocycles. The Bertz CT molecular complexity index is 405. The van der Waals surface area contributed by atoms with Gasteiger partial charge in [0.2, 0.25) is 5.91 Å². The molecule has 0 fully saturated rings. The quantitative estimate of drug-likeness (QED) is 0.874. The van der Waals surface area contributed by atoms with Gasteiger partial charge in [-0.05, 0) is 57.9 Å². The molecular weight excluding hydrogens is 214 g/mol. The number of rotatable bonds is 3. The zero-order chi connectivity index (χ0) is 13.1. The predicted molar refractivity (Wildman–Crippen MR) is 70.3 cm³/mol. The van der Waals surface area contributed by atoms with E-state index in [1.807, 2.05) is 52.8 Å². The lowest BCUT2D eigenvalue weighted by Gasteiger charge is -2.19. The molecular formula is C14H21NO2. The maximum atomic E-state index is 11.6. The molecule has 0 radical (unpaired) electrons. The summed E-state index contributed by atoms with van der Waals surface area (Å²) in [5.41, 5.74) is 2.91. The van der Waals surface area contributed by atoms with Crippen molar-refractivity contribution in [2.75, 3.05) is 11.9 Å². The third kappa shape index (κ3) is 5.00. The van der Waals surface area contributed by atoms with Crippen molar-refractivity contribution in [1.29, 1.82) is 0 Å². The molecule has 0 aromatic heterocycles. The second-order valence-electron chi connectivity index (χ2n) is 5.25. The molecule has 0 heterocycles. The summed E-state index contributed by atoms with van der Waals surface area (Å²) in [6.45, 7) is 9.93. The molecule has 0 saturated heterocycles. The maximum absolute atomic E-state index is 11.6. The molecule has 0 spiro atoms. The molecule has 0 bridgehead atoms. The number of amides is 1. The van der Waals surface area contributed by atoms with Crippen LogP contribution in [0.5, 0.6) is 0 Å². The van der Waals surface area contributed by atoms with Gasteiger partial charge < -0.3 is 10.1 Å². The van der Waals surface area contributed by atoms with Crippen LogP contribution in [0.3, 0.4) is 0 Å². The van der Waals surface area contributed by atoms with E-state index in [1.165, 1.54) is 11.1 Å². The first-order chi connectivity index (χ1) is 7.78. The van der Waals surface area contributed by atoms with Crippen LogP contribution < -0.4 is 5.32 Å². The van der Waals surface area contributed by atoms with E-state index in [-0.39, 0.29) is 18.1 Å². The Kier molecular flexibility index (Phi) is 4.29. The molecule has 1 rings (SSSR count). The van der Waals surface area contributed by atoms with Gasteiger partial charge in [0.1, 0.15) is 6.61 Å². The van der Waals surface area contributed by atoms with Crippen LogP contribution in [0, 0.1) is 13.8 Å². The molecule has 0 aliphatic rings. The summed E-state index contributed by atoms with van der Waals surface area (Å²) in [5, 5.41) is 2.82. The minimum atomic E-state index is -0.291. The van der Waals surface area contributed by atoms with Crippen molar-refractivity contribution in [3.8, 4) is 0 Å². The van der Waals surface area contributed by atoms with Gasteiger partial charge in [-0.25, -0.2) is 0 Å². The highest BCUT2D eigenvalue weighted by atomic mass is 16.5. The molecule has 0 unspecified atom stereocenters. The monoisotopic (exact) mass is 235 g/mol. The maximum Gasteiger partial charge on any atom is 0.250 e. The fraction of sp³-hybridized carbons (Fsp3) is 0.500. The number of benzene rings is 1.